The Balaban J connectivity index is 3.46. The van der Waals surface area contributed by atoms with E-state index >= 15 is 0 Å². The first-order chi connectivity index (χ1) is 14.8. The molecule has 2 amide bonds. The Hall–Kier alpha value is -1.24. The number of ether oxygens (including phenoxy) is 3. The largest absolute Gasteiger partial charge is 0.461 e. The summed E-state index contributed by atoms with van der Waals surface area (Å²) >= 11 is 5.94. The van der Waals surface area contributed by atoms with Crippen LogP contribution in [0.1, 0.15) is 40.2 Å². The molecule has 0 saturated heterocycles. The molecule has 0 saturated carbocycles. The number of halogens is 3. The smallest absolute Gasteiger partial charge is 0.303 e. The van der Waals surface area contributed by atoms with Crippen LogP contribution in [-0.2, 0) is 44.8 Å². The van der Waals surface area contributed by atoms with Crippen LogP contribution in [0.3, 0.4) is 0 Å². The summed E-state index contributed by atoms with van der Waals surface area (Å²) in [6.07, 6.45) is -2.12. The van der Waals surface area contributed by atoms with Crippen LogP contribution in [0.15, 0.2) is 0 Å². The van der Waals surface area contributed by atoms with Crippen LogP contribution in [0, 0.1) is 10.7 Å². The Kier molecular flexibility index (Phi) is 11.6. The second-order valence-corrected chi connectivity index (χ2v) is 9.67. The maximum atomic E-state index is 12.6. The normalized spacial score (nSPS) is 12.2. The molecule has 10 nitrogen and oxygen atoms in total. The molecular formula is C19H21I3N2O8. The fourth-order valence-corrected chi connectivity index (χ4v) is 6.31. The summed E-state index contributed by atoms with van der Waals surface area (Å²) in [5, 5.41) is 5.40. The molecule has 0 aliphatic carbocycles. The van der Waals surface area contributed by atoms with Gasteiger partial charge in [-0.25, -0.2) is 0 Å². The molecular weight excluding hydrogens is 765 g/mol. The number of nitrogens with one attached hydrogen (secondary N) is 2. The number of anilines is 2. The van der Waals surface area contributed by atoms with E-state index in [0.717, 1.165) is 0 Å². The molecule has 0 bridgehead atoms. The highest BCUT2D eigenvalue weighted by Crippen LogP contribution is 2.39. The van der Waals surface area contributed by atoms with Crippen molar-refractivity contribution >= 4 is 109 Å². The van der Waals surface area contributed by atoms with Gasteiger partial charge in [0.1, 0.15) is 6.61 Å². The number of hydrogen-bond acceptors (Lipinski definition) is 8. The molecule has 1 aromatic carbocycles. The lowest BCUT2D eigenvalue weighted by Gasteiger charge is -2.22. The summed E-state index contributed by atoms with van der Waals surface area (Å²) in [5.74, 6) is -2.88. The molecule has 2 atom stereocenters. The van der Waals surface area contributed by atoms with Crippen LogP contribution in [0.4, 0.5) is 11.4 Å². The number of hydrogen-bond donors (Lipinski definition) is 2. The minimum atomic E-state index is -1.06. The molecule has 0 spiro atoms. The van der Waals surface area contributed by atoms with Gasteiger partial charge >= 0.3 is 17.9 Å². The average Bonchev–Trinajstić information content (AvgIpc) is 2.66. The zero-order chi connectivity index (χ0) is 24.7. The number of benzene rings is 1. The van der Waals surface area contributed by atoms with Crippen molar-refractivity contribution in [1.82, 2.24) is 0 Å². The van der Waals surface area contributed by atoms with Gasteiger partial charge < -0.3 is 24.8 Å². The highest BCUT2D eigenvalue weighted by atomic mass is 127. The zero-order valence-corrected chi connectivity index (χ0v) is 24.2. The molecule has 32 heavy (non-hydrogen) atoms. The van der Waals surface area contributed by atoms with Gasteiger partial charge in [-0.15, -0.1) is 0 Å². The molecule has 0 aliphatic rings. The van der Waals surface area contributed by atoms with Crippen molar-refractivity contribution in [3.63, 3.8) is 0 Å². The van der Waals surface area contributed by atoms with Crippen molar-refractivity contribution in [3.8, 4) is 0 Å². The summed E-state index contributed by atoms with van der Waals surface area (Å²) in [6, 6.07) is 0. The number of amides is 2. The Labute approximate surface area is 225 Å². The van der Waals surface area contributed by atoms with E-state index in [9.17, 15) is 24.0 Å². The molecule has 0 radical (unpaired) electrons. The second kappa shape index (κ2) is 12.9. The van der Waals surface area contributed by atoms with Crippen LogP contribution in [0.5, 0.6) is 0 Å². The highest BCUT2D eigenvalue weighted by Gasteiger charge is 2.27. The summed E-state index contributed by atoms with van der Waals surface area (Å²) in [6.45, 7) is 6.39. The minimum absolute atomic E-state index is 0.104. The van der Waals surface area contributed by atoms with Gasteiger partial charge in [-0.3, -0.25) is 24.0 Å². The van der Waals surface area contributed by atoms with E-state index in [0.29, 0.717) is 27.6 Å². The van der Waals surface area contributed by atoms with Crippen LogP contribution >= 0.6 is 67.8 Å². The molecule has 13 heteroatoms. The molecule has 0 aliphatic heterocycles. The van der Waals surface area contributed by atoms with E-state index in [-0.39, 0.29) is 6.61 Å². The Morgan fingerprint density at radius 1 is 0.719 bits per heavy atom. The molecule has 2 N–H and O–H groups in total. The predicted molar refractivity (Wildman–Crippen MR) is 140 cm³/mol. The molecule has 0 fully saturated rings. The van der Waals surface area contributed by atoms with E-state index in [1.54, 1.807) is 0 Å². The fourth-order valence-electron chi connectivity index (χ4n) is 2.29. The zero-order valence-electron chi connectivity index (χ0n) is 17.8. The van der Waals surface area contributed by atoms with Crippen molar-refractivity contribution in [3.05, 3.63) is 16.3 Å². The van der Waals surface area contributed by atoms with E-state index in [1.807, 2.05) is 67.8 Å². The Morgan fingerprint density at radius 2 is 1.09 bits per heavy atom. The van der Waals surface area contributed by atoms with Gasteiger partial charge in [0.2, 0.25) is 0 Å². The molecule has 2 unspecified atom stereocenters. The molecule has 0 heterocycles. The first-order valence-corrected chi connectivity index (χ1v) is 12.3. The van der Waals surface area contributed by atoms with Crippen LogP contribution in [0.2, 0.25) is 0 Å². The molecule has 1 rings (SSSR count). The van der Waals surface area contributed by atoms with Crippen molar-refractivity contribution in [2.75, 3.05) is 10.6 Å². The van der Waals surface area contributed by atoms with Crippen molar-refractivity contribution in [2.45, 2.75) is 53.4 Å². The van der Waals surface area contributed by atoms with Gasteiger partial charge in [-0.2, -0.15) is 0 Å². The van der Waals surface area contributed by atoms with Crippen LogP contribution in [0.25, 0.3) is 0 Å². The van der Waals surface area contributed by atoms with Gasteiger partial charge in [0.15, 0.2) is 12.2 Å². The second-order valence-electron chi connectivity index (χ2n) is 6.43. The van der Waals surface area contributed by atoms with E-state index in [2.05, 4.69) is 10.6 Å². The van der Waals surface area contributed by atoms with Gasteiger partial charge in [0.25, 0.3) is 11.8 Å². The van der Waals surface area contributed by atoms with Gasteiger partial charge in [0.05, 0.1) is 14.9 Å². The first kappa shape index (κ1) is 28.8. The van der Waals surface area contributed by atoms with Crippen LogP contribution in [-0.4, -0.2) is 41.9 Å². The molecule has 0 aromatic heterocycles. The topological polar surface area (TPSA) is 137 Å². The van der Waals surface area contributed by atoms with E-state index in [4.69, 9.17) is 14.2 Å². The molecule has 1 aromatic rings. The lowest BCUT2D eigenvalue weighted by atomic mass is 10.1. The monoisotopic (exact) mass is 786 g/mol. The third-order valence-electron chi connectivity index (χ3n) is 3.75. The third kappa shape index (κ3) is 8.27. The van der Waals surface area contributed by atoms with E-state index in [1.165, 1.54) is 34.6 Å². The lowest BCUT2D eigenvalue weighted by Crippen LogP contribution is -2.31. The van der Waals surface area contributed by atoms with Gasteiger partial charge in [-0.05, 0) is 81.6 Å². The number of carbonyl (C=O) groups excluding carboxylic acids is 5. The summed E-state index contributed by atoms with van der Waals surface area (Å²) in [5.41, 5.74) is 1.23. The molecule has 176 valence electrons. The number of esters is 3. The average molecular weight is 786 g/mol. The lowest BCUT2D eigenvalue weighted by molar-refractivity contribution is -0.151. The van der Waals surface area contributed by atoms with Crippen molar-refractivity contribution in [1.29, 1.82) is 0 Å². The summed E-state index contributed by atoms with van der Waals surface area (Å²) in [7, 11) is 0. The van der Waals surface area contributed by atoms with Gasteiger partial charge in [-0.1, -0.05) is 0 Å². The van der Waals surface area contributed by atoms with E-state index < -0.39 is 41.9 Å². The summed E-state index contributed by atoms with van der Waals surface area (Å²) in [4.78, 5) is 58.8. The number of rotatable bonds is 8. The van der Waals surface area contributed by atoms with Crippen LogP contribution < -0.4 is 10.6 Å². The standard InChI is InChI=1S/C19H21I3N2O8/c1-7(31-10(4)26)18(28)23-16-13(20)12(6-30-9(3)25)14(21)17(15(16)22)24-19(29)8(2)32-11(5)27/h7-8H,6H2,1-5H3,(H,23,28)(H,24,29). The SMILES string of the molecule is CC(=O)OCc1c(I)c(NC(=O)C(C)OC(C)=O)c(I)c(NC(=O)C(C)OC(C)=O)c1I. The summed E-state index contributed by atoms with van der Waals surface area (Å²) < 4.78 is 16.6. The Bertz CT molecular complexity index is 888. The third-order valence-corrected chi connectivity index (χ3v) is 7.21. The fraction of sp³-hybridized carbons (Fsp3) is 0.421. The minimum Gasteiger partial charge on any atom is -0.461 e. The Morgan fingerprint density at radius 3 is 1.41 bits per heavy atom. The maximum absolute atomic E-state index is 12.6. The van der Waals surface area contributed by atoms with Crippen molar-refractivity contribution in [2.24, 2.45) is 0 Å². The quantitative estimate of drug-likeness (QED) is 0.233. The van der Waals surface area contributed by atoms with Crippen molar-refractivity contribution < 1.29 is 38.2 Å². The number of carbonyl (C=O) groups is 5. The first-order valence-electron chi connectivity index (χ1n) is 9.05. The van der Waals surface area contributed by atoms with Gasteiger partial charge in [0, 0.05) is 33.5 Å². The maximum Gasteiger partial charge on any atom is 0.303 e. The highest BCUT2D eigenvalue weighted by molar-refractivity contribution is 14.1. The predicted octanol–water partition coefficient (Wildman–Crippen LogP) is 3.34.